The number of alkyl halides is 1. The van der Waals surface area contributed by atoms with Crippen molar-refractivity contribution < 1.29 is 4.39 Å². The Morgan fingerprint density at radius 1 is 1.24 bits per heavy atom. The van der Waals surface area contributed by atoms with Crippen LogP contribution in [0.25, 0.3) is 11.4 Å². The van der Waals surface area contributed by atoms with Gasteiger partial charge in [0.25, 0.3) is 0 Å². The molecule has 10 heteroatoms. The van der Waals surface area contributed by atoms with Gasteiger partial charge in [0.15, 0.2) is 5.82 Å². The third-order valence-corrected chi connectivity index (χ3v) is 5.05. The Balaban J connectivity index is 1.98. The number of aliphatic imine (C=N–C) groups is 1. The first-order valence-electron chi connectivity index (χ1n) is 10.9. The van der Waals surface area contributed by atoms with Crippen molar-refractivity contribution in [3.63, 3.8) is 0 Å². The largest absolute Gasteiger partial charge is 0.370 e. The zero-order valence-electron chi connectivity index (χ0n) is 19.1. The van der Waals surface area contributed by atoms with Crippen molar-refractivity contribution in [3.8, 4) is 11.4 Å². The average Bonchev–Trinajstić information content (AvgIpc) is 3.30. The molecule has 0 aliphatic carbocycles. The minimum atomic E-state index is -0.295. The van der Waals surface area contributed by atoms with Crippen molar-refractivity contribution in [2.45, 2.75) is 39.2 Å². The number of benzene rings is 1. The van der Waals surface area contributed by atoms with Crippen LogP contribution in [0.15, 0.2) is 65.8 Å². The molecule has 2 rings (SSSR count). The fourth-order valence-electron chi connectivity index (χ4n) is 3.18. The molecule has 0 bridgehead atoms. The molecule has 33 heavy (non-hydrogen) atoms. The minimum Gasteiger partial charge on any atom is -0.370 e. The summed E-state index contributed by atoms with van der Waals surface area (Å²) < 4.78 is 13.1. The topological polar surface area (TPSA) is 83.3 Å². The third kappa shape index (κ3) is 8.02. The van der Waals surface area contributed by atoms with E-state index in [9.17, 15) is 4.39 Å². The molecule has 0 fully saturated rings. The molecule has 0 radical (unpaired) electrons. The Kier molecular flexibility index (Phi) is 11.1. The van der Waals surface area contributed by atoms with Gasteiger partial charge in [0.05, 0.1) is 18.2 Å². The Bertz CT molecular complexity index is 938. The van der Waals surface area contributed by atoms with Crippen LogP contribution >= 0.6 is 11.6 Å². The zero-order chi connectivity index (χ0) is 24.1. The van der Waals surface area contributed by atoms with Crippen LogP contribution in [0.4, 0.5) is 4.39 Å². The van der Waals surface area contributed by atoms with Crippen LogP contribution in [0.3, 0.4) is 0 Å². The van der Waals surface area contributed by atoms with Crippen LogP contribution in [0.5, 0.6) is 0 Å². The minimum absolute atomic E-state index is 0.210. The van der Waals surface area contributed by atoms with Gasteiger partial charge in [0.1, 0.15) is 11.5 Å². The van der Waals surface area contributed by atoms with E-state index in [0.717, 1.165) is 50.0 Å². The van der Waals surface area contributed by atoms with E-state index in [1.54, 1.807) is 16.9 Å². The highest BCUT2D eigenvalue weighted by Gasteiger charge is 2.16. The van der Waals surface area contributed by atoms with Gasteiger partial charge in [-0.1, -0.05) is 26.5 Å². The first-order valence-corrected chi connectivity index (χ1v) is 11.4. The Hall–Kier alpha value is -3.20. The van der Waals surface area contributed by atoms with Gasteiger partial charge < -0.3 is 15.5 Å². The van der Waals surface area contributed by atoms with Crippen molar-refractivity contribution in [1.82, 2.24) is 35.7 Å². The summed E-state index contributed by atoms with van der Waals surface area (Å²) in [5, 5.41) is 18.7. The van der Waals surface area contributed by atoms with Crippen LogP contribution in [0.2, 0.25) is 0 Å². The first-order chi connectivity index (χ1) is 16.0. The number of aryl methyl sites for hydroxylation is 1. The number of nitrogens with one attached hydrogen (secondary N) is 2. The van der Waals surface area contributed by atoms with Gasteiger partial charge in [-0.3, -0.25) is 0 Å². The van der Waals surface area contributed by atoms with Crippen LogP contribution in [-0.2, 0) is 6.54 Å². The lowest BCUT2D eigenvalue weighted by Gasteiger charge is -2.29. The van der Waals surface area contributed by atoms with Gasteiger partial charge in [-0.15, -0.1) is 21.8 Å². The molecule has 0 saturated heterocycles. The number of aromatic nitrogens is 4. The van der Waals surface area contributed by atoms with E-state index in [1.165, 1.54) is 18.3 Å². The predicted octanol–water partition coefficient (Wildman–Crippen LogP) is 4.26. The van der Waals surface area contributed by atoms with Crippen molar-refractivity contribution >= 4 is 18.3 Å². The average molecular weight is 475 g/mol. The van der Waals surface area contributed by atoms with Gasteiger partial charge >= 0.3 is 0 Å². The summed E-state index contributed by atoms with van der Waals surface area (Å²) in [4.78, 5) is 7.82. The smallest absolute Gasteiger partial charge is 0.204 e. The highest BCUT2D eigenvalue weighted by Crippen LogP contribution is 2.18. The van der Waals surface area contributed by atoms with Crippen molar-refractivity contribution in [3.05, 3.63) is 66.7 Å². The fourth-order valence-corrected chi connectivity index (χ4v) is 3.31. The normalized spacial score (nSPS) is 11.5. The third-order valence-electron chi connectivity index (χ3n) is 4.92. The molecular weight excluding hydrogens is 443 g/mol. The van der Waals surface area contributed by atoms with E-state index in [-0.39, 0.29) is 11.8 Å². The Morgan fingerprint density at radius 3 is 2.61 bits per heavy atom. The number of tetrazole rings is 1. The van der Waals surface area contributed by atoms with Crippen LogP contribution in [-0.4, -0.2) is 50.9 Å². The molecule has 0 aliphatic rings. The lowest BCUT2D eigenvalue weighted by molar-refractivity contribution is 0.324. The maximum Gasteiger partial charge on any atom is 0.204 e. The summed E-state index contributed by atoms with van der Waals surface area (Å²) in [6.45, 7) is 16.0. The molecular formula is C23H32ClFN8. The fraction of sp³-hybridized carbons (Fsp3) is 0.391. The molecule has 0 aliphatic heterocycles. The molecule has 2 N–H and O–H groups in total. The quantitative estimate of drug-likeness (QED) is 0.124. The van der Waals surface area contributed by atoms with Crippen molar-refractivity contribution in [2.75, 3.05) is 19.1 Å². The summed E-state index contributed by atoms with van der Waals surface area (Å²) in [6, 6.07) is 6.26. The van der Waals surface area contributed by atoms with E-state index in [2.05, 4.69) is 62.7 Å². The maximum absolute atomic E-state index is 13.1. The number of nitrogens with zero attached hydrogens (tertiary/aromatic N) is 6. The van der Waals surface area contributed by atoms with E-state index >= 15 is 0 Å². The Labute approximate surface area is 199 Å². The van der Waals surface area contributed by atoms with E-state index in [4.69, 9.17) is 11.6 Å². The standard InChI is InChI=1S/C23H32ClFN8/c1-5-7-14-32(18(3)21(28-17-24)23(26-4)27-6-2)15-8-9-16-33-30-22(29-31-33)19-10-12-20(25)13-11-19/h6,10-13,27-28H,2-5,7-9,14-17H2,1H3/b23-21+. The van der Waals surface area contributed by atoms with Gasteiger partial charge in [0.2, 0.25) is 5.82 Å². The number of hydrogen-bond donors (Lipinski definition) is 2. The summed E-state index contributed by atoms with van der Waals surface area (Å²) in [6.07, 6.45) is 5.39. The molecule has 8 nitrogen and oxygen atoms in total. The van der Waals surface area contributed by atoms with E-state index in [1.807, 2.05) is 0 Å². The van der Waals surface area contributed by atoms with Crippen molar-refractivity contribution in [1.29, 1.82) is 0 Å². The molecule has 0 spiro atoms. The molecule has 1 heterocycles. The number of unbranched alkanes of at least 4 members (excludes halogenated alkanes) is 2. The summed E-state index contributed by atoms with van der Waals surface area (Å²) in [5.74, 6) is 0.710. The van der Waals surface area contributed by atoms with Crippen LogP contribution < -0.4 is 10.6 Å². The second-order valence-corrected chi connectivity index (χ2v) is 7.52. The maximum atomic E-state index is 13.1. The summed E-state index contributed by atoms with van der Waals surface area (Å²) >= 11 is 5.94. The van der Waals surface area contributed by atoms with E-state index in [0.29, 0.717) is 23.9 Å². The number of halogens is 2. The lowest BCUT2D eigenvalue weighted by Crippen LogP contribution is -2.31. The highest BCUT2D eigenvalue weighted by molar-refractivity contribution is 6.17. The SMILES string of the molecule is C=CN/C(N=C)=C(/NCCl)C(=C)N(CCCC)CCCCn1nnc(-c2ccc(F)cc2)n1. The lowest BCUT2D eigenvalue weighted by atomic mass is 10.2. The molecule has 178 valence electrons. The molecule has 1 aromatic heterocycles. The van der Waals surface area contributed by atoms with Gasteiger partial charge in [-0.2, -0.15) is 4.80 Å². The van der Waals surface area contributed by atoms with Crippen LogP contribution in [0.1, 0.15) is 32.6 Å². The summed E-state index contributed by atoms with van der Waals surface area (Å²) in [7, 11) is 0. The highest BCUT2D eigenvalue weighted by atomic mass is 35.5. The monoisotopic (exact) mass is 474 g/mol. The number of rotatable bonds is 16. The predicted molar refractivity (Wildman–Crippen MR) is 132 cm³/mol. The van der Waals surface area contributed by atoms with E-state index < -0.39 is 0 Å². The molecule has 2 aromatic rings. The summed E-state index contributed by atoms with van der Waals surface area (Å²) in [5.41, 5.74) is 2.21. The molecule has 0 saturated carbocycles. The first kappa shape index (κ1) is 26.1. The Morgan fingerprint density at radius 2 is 1.97 bits per heavy atom. The second kappa shape index (κ2) is 14.1. The van der Waals surface area contributed by atoms with Crippen LogP contribution in [0, 0.1) is 5.82 Å². The van der Waals surface area contributed by atoms with Gasteiger partial charge in [-0.05, 0) is 61.7 Å². The number of hydrogen-bond acceptors (Lipinski definition) is 7. The molecule has 0 unspecified atom stereocenters. The molecule has 0 atom stereocenters. The van der Waals surface area contributed by atoms with Gasteiger partial charge in [-0.25, -0.2) is 9.38 Å². The molecule has 1 aromatic carbocycles. The van der Waals surface area contributed by atoms with Crippen molar-refractivity contribution in [2.24, 2.45) is 4.99 Å². The molecule has 0 amide bonds. The second-order valence-electron chi connectivity index (χ2n) is 7.25. The zero-order valence-corrected chi connectivity index (χ0v) is 19.9. The van der Waals surface area contributed by atoms with Gasteiger partial charge in [0, 0.05) is 18.7 Å².